The molecule has 0 fully saturated rings. The van der Waals surface area contributed by atoms with E-state index in [1.807, 2.05) is 0 Å². The molecule has 22 heavy (non-hydrogen) atoms. The fourth-order valence-electron chi connectivity index (χ4n) is 2.70. The van der Waals surface area contributed by atoms with Gasteiger partial charge in [0.25, 0.3) is 0 Å². The van der Waals surface area contributed by atoms with Gasteiger partial charge in [0.1, 0.15) is 4.93 Å². The SMILES string of the molecule is CCCCCCCCC(O)(S)CCCCCCCCC(=O)O. The number of hydrogen-bond donors (Lipinski definition) is 3. The Hall–Kier alpha value is -0.220. The van der Waals surface area contributed by atoms with Gasteiger partial charge in [0, 0.05) is 6.42 Å². The van der Waals surface area contributed by atoms with Crippen LogP contribution in [0.15, 0.2) is 0 Å². The quantitative estimate of drug-likeness (QED) is 0.197. The summed E-state index contributed by atoms with van der Waals surface area (Å²) in [6.45, 7) is 2.22. The summed E-state index contributed by atoms with van der Waals surface area (Å²) >= 11 is 4.40. The fourth-order valence-corrected chi connectivity index (χ4v) is 3.02. The van der Waals surface area contributed by atoms with E-state index in [-0.39, 0.29) is 6.42 Å². The second-order valence-electron chi connectivity index (χ2n) is 6.52. The van der Waals surface area contributed by atoms with E-state index in [0.717, 1.165) is 57.8 Å². The monoisotopic (exact) mass is 332 g/mol. The van der Waals surface area contributed by atoms with Crippen molar-refractivity contribution in [2.24, 2.45) is 0 Å². The van der Waals surface area contributed by atoms with E-state index in [2.05, 4.69) is 19.6 Å². The Morgan fingerprint density at radius 1 is 0.818 bits per heavy atom. The first-order chi connectivity index (χ1) is 10.5. The Morgan fingerprint density at radius 2 is 1.23 bits per heavy atom. The summed E-state index contributed by atoms with van der Waals surface area (Å²) in [6.07, 6.45) is 15.4. The standard InChI is InChI=1S/C18H36O3S/c1-2-3-4-5-9-12-15-18(21,22)16-13-10-7-6-8-11-14-17(19)20/h21-22H,2-16H2,1H3,(H,19,20). The predicted octanol–water partition coefficient (Wildman–Crippen LogP) is 5.56. The maximum Gasteiger partial charge on any atom is 0.303 e. The Kier molecular flexibility index (Phi) is 14.2. The lowest BCUT2D eigenvalue weighted by molar-refractivity contribution is -0.137. The number of carboxylic acids is 1. The van der Waals surface area contributed by atoms with E-state index >= 15 is 0 Å². The molecule has 0 bridgehead atoms. The number of thiol groups is 1. The van der Waals surface area contributed by atoms with Crippen molar-refractivity contribution in [1.82, 2.24) is 0 Å². The number of rotatable bonds is 16. The van der Waals surface area contributed by atoms with E-state index in [1.54, 1.807) is 0 Å². The zero-order chi connectivity index (χ0) is 16.7. The molecule has 2 N–H and O–H groups in total. The molecule has 0 aromatic carbocycles. The van der Waals surface area contributed by atoms with Crippen LogP contribution in [0.25, 0.3) is 0 Å². The van der Waals surface area contributed by atoms with Crippen molar-refractivity contribution < 1.29 is 15.0 Å². The molecule has 0 amide bonds. The van der Waals surface area contributed by atoms with Crippen molar-refractivity contribution in [3.05, 3.63) is 0 Å². The first kappa shape index (κ1) is 21.8. The van der Waals surface area contributed by atoms with Crippen molar-refractivity contribution in [3.63, 3.8) is 0 Å². The molecule has 0 radical (unpaired) electrons. The van der Waals surface area contributed by atoms with Gasteiger partial charge in [-0.15, -0.1) is 12.6 Å². The Morgan fingerprint density at radius 3 is 1.68 bits per heavy atom. The van der Waals surface area contributed by atoms with Gasteiger partial charge >= 0.3 is 5.97 Å². The van der Waals surface area contributed by atoms with Gasteiger partial charge in [-0.2, -0.15) is 0 Å². The number of carbonyl (C=O) groups is 1. The number of aliphatic carboxylic acids is 1. The zero-order valence-electron chi connectivity index (χ0n) is 14.4. The van der Waals surface area contributed by atoms with Crippen LogP contribution in [-0.2, 0) is 4.79 Å². The summed E-state index contributed by atoms with van der Waals surface area (Å²) in [5.74, 6) is -0.699. The number of hydrogen-bond acceptors (Lipinski definition) is 3. The predicted molar refractivity (Wildman–Crippen MR) is 96.5 cm³/mol. The third-order valence-corrected chi connectivity index (χ3v) is 4.60. The summed E-state index contributed by atoms with van der Waals surface area (Å²) < 4.78 is 0. The molecule has 0 aliphatic heterocycles. The van der Waals surface area contributed by atoms with Gasteiger partial charge in [-0.1, -0.05) is 64.7 Å². The minimum atomic E-state index is -0.798. The molecule has 0 aliphatic rings. The summed E-state index contributed by atoms with van der Waals surface area (Å²) in [4.78, 5) is 9.57. The van der Waals surface area contributed by atoms with Gasteiger partial charge in [0.15, 0.2) is 0 Å². The van der Waals surface area contributed by atoms with Crippen LogP contribution >= 0.6 is 12.6 Å². The minimum Gasteiger partial charge on any atom is -0.481 e. The van der Waals surface area contributed by atoms with Gasteiger partial charge < -0.3 is 10.2 Å². The molecule has 0 heterocycles. The van der Waals surface area contributed by atoms with E-state index < -0.39 is 10.9 Å². The van der Waals surface area contributed by atoms with Gasteiger partial charge in [-0.3, -0.25) is 4.79 Å². The van der Waals surface area contributed by atoms with Crippen molar-refractivity contribution >= 4 is 18.6 Å². The lowest BCUT2D eigenvalue weighted by Gasteiger charge is -2.22. The molecule has 3 nitrogen and oxygen atoms in total. The molecular weight excluding hydrogens is 296 g/mol. The molecule has 4 heteroatoms. The van der Waals surface area contributed by atoms with E-state index in [9.17, 15) is 9.90 Å². The average molecular weight is 333 g/mol. The molecule has 0 spiro atoms. The summed E-state index contributed by atoms with van der Waals surface area (Å²) in [5.41, 5.74) is 0. The molecule has 0 aromatic rings. The third-order valence-electron chi connectivity index (χ3n) is 4.15. The second kappa shape index (κ2) is 14.4. The van der Waals surface area contributed by atoms with E-state index in [1.165, 1.54) is 32.1 Å². The van der Waals surface area contributed by atoms with Crippen LogP contribution in [-0.4, -0.2) is 21.1 Å². The van der Waals surface area contributed by atoms with Gasteiger partial charge in [-0.05, 0) is 32.1 Å². The molecule has 1 atom stereocenters. The molecule has 0 rings (SSSR count). The van der Waals surface area contributed by atoms with Crippen molar-refractivity contribution in [3.8, 4) is 0 Å². The zero-order valence-corrected chi connectivity index (χ0v) is 15.3. The molecule has 0 saturated heterocycles. The second-order valence-corrected chi connectivity index (χ2v) is 7.35. The fraction of sp³-hybridized carbons (Fsp3) is 0.944. The van der Waals surface area contributed by atoms with Gasteiger partial charge in [0.2, 0.25) is 0 Å². The Balaban J connectivity index is 3.38. The largest absolute Gasteiger partial charge is 0.481 e. The maximum absolute atomic E-state index is 10.4. The molecular formula is C18H36O3S. The van der Waals surface area contributed by atoms with E-state index in [4.69, 9.17) is 5.11 Å². The minimum absolute atomic E-state index is 0.286. The van der Waals surface area contributed by atoms with Gasteiger partial charge in [-0.25, -0.2) is 0 Å². The molecule has 0 aliphatic carbocycles. The van der Waals surface area contributed by atoms with Crippen LogP contribution in [0.2, 0.25) is 0 Å². The normalized spacial score (nSPS) is 14.0. The van der Waals surface area contributed by atoms with Crippen LogP contribution in [0, 0.1) is 0 Å². The summed E-state index contributed by atoms with van der Waals surface area (Å²) in [5, 5.41) is 18.8. The highest BCUT2D eigenvalue weighted by molar-refractivity contribution is 7.81. The number of aliphatic hydroxyl groups is 1. The lowest BCUT2D eigenvalue weighted by Crippen LogP contribution is -2.20. The molecule has 132 valence electrons. The summed E-state index contributed by atoms with van der Waals surface area (Å²) in [6, 6.07) is 0. The molecule has 1 unspecified atom stereocenters. The highest BCUT2D eigenvalue weighted by atomic mass is 32.1. The highest BCUT2D eigenvalue weighted by Crippen LogP contribution is 2.26. The summed E-state index contributed by atoms with van der Waals surface area (Å²) in [7, 11) is 0. The first-order valence-electron chi connectivity index (χ1n) is 9.14. The number of carboxylic acid groups (broad SMARTS) is 1. The van der Waals surface area contributed by atoms with Crippen molar-refractivity contribution in [2.75, 3.05) is 0 Å². The van der Waals surface area contributed by atoms with Crippen LogP contribution in [0.4, 0.5) is 0 Å². The highest BCUT2D eigenvalue weighted by Gasteiger charge is 2.19. The van der Waals surface area contributed by atoms with Crippen LogP contribution in [0.5, 0.6) is 0 Å². The Labute approximate surface area is 142 Å². The first-order valence-corrected chi connectivity index (χ1v) is 9.59. The third kappa shape index (κ3) is 16.2. The smallest absolute Gasteiger partial charge is 0.303 e. The van der Waals surface area contributed by atoms with Crippen LogP contribution < -0.4 is 0 Å². The van der Waals surface area contributed by atoms with Crippen LogP contribution in [0.3, 0.4) is 0 Å². The molecule has 0 saturated carbocycles. The maximum atomic E-state index is 10.4. The Bertz CT molecular complexity index is 267. The number of unbranched alkanes of at least 4 members (excludes halogenated alkanes) is 10. The topological polar surface area (TPSA) is 57.5 Å². The van der Waals surface area contributed by atoms with Gasteiger partial charge in [0.05, 0.1) is 0 Å². The molecule has 0 aromatic heterocycles. The lowest BCUT2D eigenvalue weighted by atomic mass is 10.0. The van der Waals surface area contributed by atoms with E-state index in [0.29, 0.717) is 0 Å². The average Bonchev–Trinajstić information content (AvgIpc) is 2.45. The van der Waals surface area contributed by atoms with Crippen molar-refractivity contribution in [2.45, 2.75) is 108 Å². The van der Waals surface area contributed by atoms with Crippen LogP contribution in [0.1, 0.15) is 103 Å². The van der Waals surface area contributed by atoms with Crippen molar-refractivity contribution in [1.29, 1.82) is 0 Å².